The SMILES string of the molecule is CN1CC(N=O)c2c(ccn2CCCCN2CCN(c3ccc(F)cc3)CC2)S1(=O)=O. The lowest BCUT2D eigenvalue weighted by Gasteiger charge is -2.36. The molecule has 0 N–H and O–H groups in total. The van der Waals surface area contributed by atoms with Crippen molar-refractivity contribution in [3.05, 3.63) is 52.9 Å². The molecule has 0 aliphatic carbocycles. The van der Waals surface area contributed by atoms with Crippen LogP contribution in [0.2, 0.25) is 0 Å². The van der Waals surface area contributed by atoms with Crippen molar-refractivity contribution in [2.45, 2.75) is 30.3 Å². The van der Waals surface area contributed by atoms with Gasteiger partial charge in [-0.15, -0.1) is 0 Å². The smallest absolute Gasteiger partial charge is 0.244 e. The van der Waals surface area contributed by atoms with Gasteiger partial charge in [0.25, 0.3) is 0 Å². The first kappa shape index (κ1) is 21.9. The number of rotatable bonds is 7. The van der Waals surface area contributed by atoms with Gasteiger partial charge in [-0.25, -0.2) is 12.8 Å². The number of fused-ring (bicyclic) bond motifs is 1. The molecule has 4 rings (SSSR count). The monoisotopic (exact) mass is 449 g/mol. The van der Waals surface area contributed by atoms with Gasteiger partial charge in [-0.05, 0) is 49.7 Å². The third kappa shape index (κ3) is 4.51. The number of anilines is 1. The second kappa shape index (κ2) is 9.05. The molecule has 1 atom stereocenters. The van der Waals surface area contributed by atoms with Crippen molar-refractivity contribution in [3.63, 3.8) is 0 Å². The van der Waals surface area contributed by atoms with Crippen LogP contribution in [0.1, 0.15) is 24.6 Å². The van der Waals surface area contributed by atoms with Crippen LogP contribution in [0.5, 0.6) is 0 Å². The summed E-state index contributed by atoms with van der Waals surface area (Å²) >= 11 is 0. The summed E-state index contributed by atoms with van der Waals surface area (Å²) in [6.07, 6.45) is 3.62. The Balaban J connectivity index is 1.27. The quantitative estimate of drug-likeness (QED) is 0.480. The third-order valence-electron chi connectivity index (χ3n) is 6.22. The summed E-state index contributed by atoms with van der Waals surface area (Å²) in [5.74, 6) is -0.216. The molecule has 3 heterocycles. The van der Waals surface area contributed by atoms with Gasteiger partial charge in [0, 0.05) is 58.2 Å². The predicted molar refractivity (Wildman–Crippen MR) is 117 cm³/mol. The van der Waals surface area contributed by atoms with E-state index in [1.807, 2.05) is 16.7 Å². The minimum absolute atomic E-state index is 0.0845. The largest absolute Gasteiger partial charge is 0.369 e. The zero-order valence-electron chi connectivity index (χ0n) is 17.7. The van der Waals surface area contributed by atoms with Gasteiger partial charge in [0.1, 0.15) is 16.8 Å². The van der Waals surface area contributed by atoms with Crippen LogP contribution in [-0.4, -0.2) is 68.5 Å². The zero-order valence-corrected chi connectivity index (χ0v) is 18.5. The van der Waals surface area contributed by atoms with Crippen LogP contribution in [0, 0.1) is 10.7 Å². The number of aryl methyl sites for hydroxylation is 1. The van der Waals surface area contributed by atoms with Gasteiger partial charge >= 0.3 is 0 Å². The van der Waals surface area contributed by atoms with E-state index in [-0.39, 0.29) is 17.3 Å². The molecule has 1 aromatic heterocycles. The highest BCUT2D eigenvalue weighted by atomic mass is 32.2. The van der Waals surface area contributed by atoms with E-state index in [1.165, 1.54) is 23.5 Å². The third-order valence-corrected chi connectivity index (χ3v) is 8.09. The molecule has 1 aromatic carbocycles. The van der Waals surface area contributed by atoms with Crippen LogP contribution in [-0.2, 0) is 16.6 Å². The molecule has 31 heavy (non-hydrogen) atoms. The first-order chi connectivity index (χ1) is 14.9. The molecule has 8 nitrogen and oxygen atoms in total. The van der Waals surface area contributed by atoms with Gasteiger partial charge in [-0.3, -0.25) is 4.90 Å². The van der Waals surface area contributed by atoms with Crippen molar-refractivity contribution in [2.24, 2.45) is 5.18 Å². The molecule has 168 valence electrons. The maximum Gasteiger partial charge on any atom is 0.244 e. The van der Waals surface area contributed by atoms with E-state index >= 15 is 0 Å². The maximum absolute atomic E-state index is 13.1. The fraction of sp³-hybridized carbons (Fsp3) is 0.524. The van der Waals surface area contributed by atoms with Gasteiger partial charge < -0.3 is 9.47 Å². The molecule has 2 aromatic rings. The van der Waals surface area contributed by atoms with Crippen LogP contribution in [0.25, 0.3) is 0 Å². The van der Waals surface area contributed by atoms with E-state index in [2.05, 4.69) is 15.0 Å². The molecule has 1 saturated heterocycles. The fourth-order valence-corrected chi connectivity index (χ4v) is 5.84. The Morgan fingerprint density at radius 3 is 2.39 bits per heavy atom. The fourth-order valence-electron chi connectivity index (χ4n) is 4.41. The molecule has 10 heteroatoms. The molecule has 2 aliphatic heterocycles. The molecule has 0 saturated carbocycles. The zero-order chi connectivity index (χ0) is 22.0. The molecule has 0 amide bonds. The highest BCUT2D eigenvalue weighted by Crippen LogP contribution is 2.34. The summed E-state index contributed by atoms with van der Waals surface area (Å²) in [7, 11) is -2.07. The lowest BCUT2D eigenvalue weighted by atomic mass is 10.2. The van der Waals surface area contributed by atoms with Gasteiger partial charge in [0.05, 0.1) is 5.69 Å². The molecule has 0 bridgehead atoms. The predicted octanol–water partition coefficient (Wildman–Crippen LogP) is 2.67. The van der Waals surface area contributed by atoms with Crippen molar-refractivity contribution in [1.82, 2.24) is 13.8 Å². The van der Waals surface area contributed by atoms with Crippen molar-refractivity contribution >= 4 is 15.7 Å². The average molecular weight is 450 g/mol. The Morgan fingerprint density at radius 1 is 1.03 bits per heavy atom. The Labute approximate surface area is 182 Å². The summed E-state index contributed by atoms with van der Waals surface area (Å²) in [5.41, 5.74) is 1.57. The Bertz CT molecular complexity index is 1020. The van der Waals surface area contributed by atoms with Crippen LogP contribution in [0.15, 0.2) is 46.6 Å². The highest BCUT2D eigenvalue weighted by molar-refractivity contribution is 7.89. The number of unbranched alkanes of at least 4 members (excludes halogenated alkanes) is 1. The summed E-state index contributed by atoms with van der Waals surface area (Å²) < 4.78 is 41.2. The Morgan fingerprint density at radius 2 is 1.71 bits per heavy atom. The lowest BCUT2D eigenvalue weighted by molar-refractivity contribution is 0.251. The van der Waals surface area contributed by atoms with Crippen molar-refractivity contribution in [2.75, 3.05) is 51.2 Å². The normalized spacial score (nSPS) is 21.7. The number of hydrogen-bond donors (Lipinski definition) is 0. The van der Waals surface area contributed by atoms with E-state index in [4.69, 9.17) is 0 Å². The maximum atomic E-state index is 13.1. The first-order valence-corrected chi connectivity index (χ1v) is 12.0. The summed E-state index contributed by atoms with van der Waals surface area (Å²) in [4.78, 5) is 16.2. The second-order valence-corrected chi connectivity index (χ2v) is 10.2. The second-order valence-electron chi connectivity index (χ2n) is 8.18. The van der Waals surface area contributed by atoms with Gasteiger partial charge in [-0.1, -0.05) is 5.18 Å². The van der Waals surface area contributed by atoms with Gasteiger partial charge in [-0.2, -0.15) is 9.21 Å². The Kier molecular flexibility index (Phi) is 6.40. The molecule has 0 spiro atoms. The van der Waals surface area contributed by atoms with Crippen LogP contribution < -0.4 is 4.90 Å². The molecule has 1 unspecified atom stereocenters. The van der Waals surface area contributed by atoms with Crippen molar-refractivity contribution in [1.29, 1.82) is 0 Å². The molecule has 0 radical (unpaired) electrons. The molecular formula is C21H28FN5O3S. The van der Waals surface area contributed by atoms with Gasteiger partial charge in [0.15, 0.2) is 0 Å². The van der Waals surface area contributed by atoms with E-state index in [0.29, 0.717) is 12.2 Å². The first-order valence-electron chi connectivity index (χ1n) is 10.6. The topological polar surface area (TPSA) is 78.2 Å². The Hall–Kier alpha value is -2.30. The average Bonchev–Trinajstić information content (AvgIpc) is 3.20. The van der Waals surface area contributed by atoms with Crippen LogP contribution >= 0.6 is 0 Å². The molecule has 2 aliphatic rings. The van der Waals surface area contributed by atoms with Crippen LogP contribution in [0.4, 0.5) is 10.1 Å². The van der Waals surface area contributed by atoms with E-state index in [0.717, 1.165) is 51.3 Å². The summed E-state index contributed by atoms with van der Waals surface area (Å²) in [6, 6.07) is 7.54. The number of aromatic nitrogens is 1. The van der Waals surface area contributed by atoms with Crippen molar-refractivity contribution < 1.29 is 12.8 Å². The number of halogens is 1. The minimum atomic E-state index is -3.54. The van der Waals surface area contributed by atoms with Crippen LogP contribution in [0.3, 0.4) is 0 Å². The standard InChI is InChI=1S/C21H28FN5O3S/c1-24-16-19(23-28)21-20(31(24,29)30)8-11-27(21)10-3-2-9-25-12-14-26(15-13-25)18-6-4-17(22)5-7-18/h4-8,11,19H,2-3,9-10,12-16H2,1H3. The number of sulfonamides is 1. The minimum Gasteiger partial charge on any atom is -0.369 e. The number of benzene rings is 1. The van der Waals surface area contributed by atoms with E-state index in [1.54, 1.807) is 12.3 Å². The van der Waals surface area contributed by atoms with E-state index in [9.17, 15) is 17.7 Å². The van der Waals surface area contributed by atoms with Gasteiger partial charge in [0.2, 0.25) is 10.0 Å². The molecule has 1 fully saturated rings. The summed E-state index contributed by atoms with van der Waals surface area (Å²) in [6.45, 7) is 5.45. The number of likely N-dealkylation sites (N-methyl/N-ethyl adjacent to an activating group) is 1. The molecular weight excluding hydrogens is 421 g/mol. The number of nitroso groups, excluding NO2 is 1. The number of hydrogen-bond acceptors (Lipinski definition) is 6. The number of piperazine rings is 1. The lowest BCUT2D eigenvalue weighted by Crippen LogP contribution is -2.46. The summed E-state index contributed by atoms with van der Waals surface area (Å²) in [5, 5.41) is 3.17. The number of nitrogens with zero attached hydrogens (tertiary/aromatic N) is 5. The highest BCUT2D eigenvalue weighted by Gasteiger charge is 2.38. The van der Waals surface area contributed by atoms with E-state index < -0.39 is 16.1 Å². The van der Waals surface area contributed by atoms with Crippen molar-refractivity contribution in [3.8, 4) is 0 Å².